The number of nitrogens with one attached hydrogen (secondary N) is 1. The fourth-order valence-corrected chi connectivity index (χ4v) is 2.17. The zero-order chi connectivity index (χ0) is 13.9. The number of rotatable bonds is 4. The minimum atomic E-state index is -3.24. The van der Waals surface area contributed by atoms with Gasteiger partial charge in [-0.15, -0.1) is 0 Å². The lowest BCUT2D eigenvalue weighted by Crippen LogP contribution is -1.97. The van der Waals surface area contributed by atoms with Gasteiger partial charge >= 0.3 is 0 Å². The Hall–Kier alpha value is -2.08. The van der Waals surface area contributed by atoms with Gasteiger partial charge in [0, 0.05) is 25.6 Å². The molecule has 0 fully saturated rings. The molecule has 1 heterocycles. The highest BCUT2D eigenvalue weighted by Gasteiger charge is 2.08. The molecule has 0 aliphatic rings. The summed E-state index contributed by atoms with van der Waals surface area (Å²) >= 11 is 0. The Balaban J connectivity index is 2.28. The van der Waals surface area contributed by atoms with Crippen LogP contribution in [0.5, 0.6) is 11.5 Å². The molecule has 2 rings (SSSR count). The Kier molecular flexibility index (Phi) is 3.71. The number of hydrogen-bond acceptors (Lipinski definition) is 5. The minimum absolute atomic E-state index is 0.230. The number of aromatic nitrogens is 1. The fraction of sp³-hybridized carbons (Fsp3) is 0.154. The maximum Gasteiger partial charge on any atom is 0.175 e. The SMILES string of the molecule is CNc1cc(Oc2cccc(S(C)(=O)=O)c2)ccn1. The quantitative estimate of drug-likeness (QED) is 0.929. The van der Waals surface area contributed by atoms with E-state index in [0.717, 1.165) is 6.26 Å². The van der Waals surface area contributed by atoms with Crippen LogP contribution in [0.25, 0.3) is 0 Å². The molecule has 0 saturated heterocycles. The minimum Gasteiger partial charge on any atom is -0.457 e. The molecule has 0 saturated carbocycles. The third-order valence-electron chi connectivity index (χ3n) is 2.46. The number of pyridine rings is 1. The molecule has 0 atom stereocenters. The Bertz CT molecular complexity index is 684. The first-order valence-corrected chi connectivity index (χ1v) is 7.50. The molecule has 0 bridgehead atoms. The maximum atomic E-state index is 11.5. The zero-order valence-corrected chi connectivity index (χ0v) is 11.4. The van der Waals surface area contributed by atoms with Crippen LogP contribution >= 0.6 is 0 Å². The Morgan fingerprint density at radius 2 is 1.89 bits per heavy atom. The topological polar surface area (TPSA) is 68.3 Å². The van der Waals surface area contributed by atoms with Crippen molar-refractivity contribution in [2.75, 3.05) is 18.6 Å². The van der Waals surface area contributed by atoms with E-state index in [9.17, 15) is 8.42 Å². The second kappa shape index (κ2) is 5.27. The van der Waals surface area contributed by atoms with E-state index in [0.29, 0.717) is 17.3 Å². The zero-order valence-electron chi connectivity index (χ0n) is 10.6. The molecule has 100 valence electrons. The lowest BCUT2D eigenvalue weighted by molar-refractivity contribution is 0.480. The summed E-state index contributed by atoms with van der Waals surface area (Å²) in [4.78, 5) is 4.30. The molecule has 0 amide bonds. The van der Waals surface area contributed by atoms with Crippen LogP contribution in [0.1, 0.15) is 0 Å². The molecule has 0 aliphatic carbocycles. The van der Waals surface area contributed by atoms with Gasteiger partial charge in [-0.05, 0) is 24.3 Å². The predicted octanol–water partition coefficient (Wildman–Crippen LogP) is 2.32. The van der Waals surface area contributed by atoms with Crippen LogP contribution in [0.2, 0.25) is 0 Å². The molecular formula is C13H14N2O3S. The summed E-state index contributed by atoms with van der Waals surface area (Å²) in [7, 11) is -1.47. The largest absolute Gasteiger partial charge is 0.457 e. The number of benzene rings is 1. The molecule has 1 aromatic carbocycles. The summed E-state index contributed by atoms with van der Waals surface area (Å²) in [5.74, 6) is 1.73. The van der Waals surface area contributed by atoms with E-state index in [-0.39, 0.29) is 4.90 Å². The van der Waals surface area contributed by atoms with Crippen molar-refractivity contribution >= 4 is 15.7 Å². The summed E-state index contributed by atoms with van der Waals surface area (Å²) in [6.07, 6.45) is 2.78. The van der Waals surface area contributed by atoms with E-state index >= 15 is 0 Å². The second-order valence-electron chi connectivity index (χ2n) is 3.98. The number of hydrogen-bond donors (Lipinski definition) is 1. The van der Waals surface area contributed by atoms with Gasteiger partial charge in [-0.1, -0.05) is 6.07 Å². The Morgan fingerprint density at radius 1 is 1.16 bits per heavy atom. The average Bonchev–Trinajstić information content (AvgIpc) is 2.38. The van der Waals surface area contributed by atoms with Crippen molar-refractivity contribution in [3.8, 4) is 11.5 Å². The van der Waals surface area contributed by atoms with Gasteiger partial charge in [-0.3, -0.25) is 0 Å². The number of ether oxygens (including phenoxy) is 1. The van der Waals surface area contributed by atoms with Crippen molar-refractivity contribution in [1.29, 1.82) is 0 Å². The predicted molar refractivity (Wildman–Crippen MR) is 73.4 cm³/mol. The molecule has 5 nitrogen and oxygen atoms in total. The second-order valence-corrected chi connectivity index (χ2v) is 5.99. The van der Waals surface area contributed by atoms with Crippen LogP contribution in [0.3, 0.4) is 0 Å². The van der Waals surface area contributed by atoms with Crippen molar-refractivity contribution in [2.24, 2.45) is 0 Å². The lowest BCUT2D eigenvalue weighted by Gasteiger charge is -2.08. The first-order chi connectivity index (χ1) is 8.99. The maximum absolute atomic E-state index is 11.5. The van der Waals surface area contributed by atoms with Crippen LogP contribution in [0.15, 0.2) is 47.5 Å². The molecule has 6 heteroatoms. The first-order valence-electron chi connectivity index (χ1n) is 5.61. The van der Waals surface area contributed by atoms with Crippen molar-refractivity contribution in [3.05, 3.63) is 42.6 Å². The monoisotopic (exact) mass is 278 g/mol. The van der Waals surface area contributed by atoms with Gasteiger partial charge < -0.3 is 10.1 Å². The van der Waals surface area contributed by atoms with Gasteiger partial charge in [0.05, 0.1) is 4.90 Å². The summed E-state index contributed by atoms with van der Waals surface area (Å²) in [6.45, 7) is 0. The van der Waals surface area contributed by atoms with Crippen molar-refractivity contribution in [3.63, 3.8) is 0 Å². The van der Waals surface area contributed by atoms with Gasteiger partial charge in [0.15, 0.2) is 9.84 Å². The van der Waals surface area contributed by atoms with Gasteiger partial charge in [0.2, 0.25) is 0 Å². The lowest BCUT2D eigenvalue weighted by atomic mass is 10.3. The highest BCUT2D eigenvalue weighted by molar-refractivity contribution is 7.90. The van der Waals surface area contributed by atoms with E-state index in [4.69, 9.17) is 4.74 Å². The van der Waals surface area contributed by atoms with Crippen molar-refractivity contribution in [2.45, 2.75) is 4.90 Å². The van der Waals surface area contributed by atoms with Gasteiger partial charge in [0.25, 0.3) is 0 Å². The third-order valence-corrected chi connectivity index (χ3v) is 3.57. The molecule has 1 N–H and O–H groups in total. The van der Waals surface area contributed by atoms with E-state index in [2.05, 4.69) is 10.3 Å². The highest BCUT2D eigenvalue weighted by atomic mass is 32.2. The third kappa shape index (κ3) is 3.45. The summed E-state index contributed by atoms with van der Waals surface area (Å²) in [5, 5.41) is 2.90. The Morgan fingerprint density at radius 3 is 2.58 bits per heavy atom. The molecule has 19 heavy (non-hydrogen) atoms. The van der Waals surface area contributed by atoms with Crippen LogP contribution < -0.4 is 10.1 Å². The highest BCUT2D eigenvalue weighted by Crippen LogP contribution is 2.24. The molecule has 0 radical (unpaired) electrons. The van der Waals surface area contributed by atoms with Crippen molar-refractivity contribution < 1.29 is 13.2 Å². The van der Waals surface area contributed by atoms with E-state index < -0.39 is 9.84 Å². The standard InChI is InChI=1S/C13H14N2O3S/c1-14-13-9-11(6-7-15-13)18-10-4-3-5-12(8-10)19(2,16)17/h3-9H,1-2H3,(H,14,15). The van der Waals surface area contributed by atoms with Crippen LogP contribution in [0.4, 0.5) is 5.82 Å². The molecule has 0 spiro atoms. The van der Waals surface area contributed by atoms with E-state index in [1.807, 2.05) is 0 Å². The molecule has 0 unspecified atom stereocenters. The molecule has 1 aromatic heterocycles. The fourth-order valence-electron chi connectivity index (χ4n) is 1.52. The first kappa shape index (κ1) is 13.4. The van der Waals surface area contributed by atoms with Crippen LogP contribution in [-0.4, -0.2) is 26.7 Å². The van der Waals surface area contributed by atoms with Crippen molar-refractivity contribution in [1.82, 2.24) is 4.98 Å². The van der Waals surface area contributed by atoms with Crippen LogP contribution in [0, 0.1) is 0 Å². The Labute approximate surface area is 112 Å². The van der Waals surface area contributed by atoms with Crippen LogP contribution in [-0.2, 0) is 9.84 Å². The van der Waals surface area contributed by atoms with Gasteiger partial charge in [-0.25, -0.2) is 13.4 Å². The summed E-state index contributed by atoms with van der Waals surface area (Å²) in [5.41, 5.74) is 0. The average molecular weight is 278 g/mol. The summed E-state index contributed by atoms with van der Waals surface area (Å²) in [6, 6.07) is 9.81. The summed E-state index contributed by atoms with van der Waals surface area (Å²) < 4.78 is 28.5. The van der Waals surface area contributed by atoms with E-state index in [1.165, 1.54) is 12.1 Å². The van der Waals surface area contributed by atoms with Gasteiger partial charge in [0.1, 0.15) is 17.3 Å². The smallest absolute Gasteiger partial charge is 0.175 e. The molecular weight excluding hydrogens is 264 g/mol. The number of sulfone groups is 1. The van der Waals surface area contributed by atoms with Gasteiger partial charge in [-0.2, -0.15) is 0 Å². The normalized spacial score (nSPS) is 11.1. The number of anilines is 1. The molecule has 2 aromatic rings. The molecule has 0 aliphatic heterocycles. The van der Waals surface area contributed by atoms with E-state index in [1.54, 1.807) is 37.5 Å². The number of nitrogens with zero attached hydrogens (tertiary/aromatic N) is 1.